The molecule has 1 aliphatic heterocycles. The van der Waals surface area contributed by atoms with Crippen molar-refractivity contribution >= 4 is 5.91 Å². The van der Waals surface area contributed by atoms with Crippen LogP contribution < -0.4 is 5.32 Å². The average Bonchev–Trinajstić information content (AvgIpc) is 3.09. The van der Waals surface area contributed by atoms with E-state index in [4.69, 9.17) is 0 Å². The molecule has 1 amide bonds. The maximum absolute atomic E-state index is 13.7. The third-order valence-electron chi connectivity index (χ3n) is 4.13. The van der Waals surface area contributed by atoms with Crippen molar-refractivity contribution in [3.8, 4) is 22.8 Å². The van der Waals surface area contributed by atoms with Crippen LogP contribution in [0.3, 0.4) is 0 Å². The highest BCUT2D eigenvalue weighted by molar-refractivity contribution is 5.94. The van der Waals surface area contributed by atoms with Gasteiger partial charge in [0.25, 0.3) is 5.91 Å². The second-order valence-electron chi connectivity index (χ2n) is 5.98. The van der Waals surface area contributed by atoms with Gasteiger partial charge in [-0.15, -0.1) is 0 Å². The normalized spacial score (nSPS) is 14.0. The van der Waals surface area contributed by atoms with Crippen molar-refractivity contribution in [2.75, 3.05) is 6.54 Å². The summed E-state index contributed by atoms with van der Waals surface area (Å²) in [7, 11) is 0. The van der Waals surface area contributed by atoms with E-state index in [-0.39, 0.29) is 23.0 Å². The van der Waals surface area contributed by atoms with Gasteiger partial charge in [0.15, 0.2) is 17.5 Å². The predicted molar refractivity (Wildman–Crippen MR) is 85.9 cm³/mol. The number of halogens is 5. The molecule has 1 aromatic carbocycles. The van der Waals surface area contributed by atoms with Gasteiger partial charge in [0, 0.05) is 18.3 Å². The molecule has 0 saturated carbocycles. The van der Waals surface area contributed by atoms with E-state index >= 15 is 0 Å². The number of fused-ring (bicyclic) bond motifs is 1. The Labute approximate surface area is 154 Å². The van der Waals surface area contributed by atoms with Gasteiger partial charge in [-0.05, 0) is 24.3 Å². The monoisotopic (exact) mass is 395 g/mol. The molecule has 2 aromatic heterocycles. The zero-order valence-corrected chi connectivity index (χ0v) is 13.9. The number of hydrogen-bond donors (Lipinski definition) is 1. The summed E-state index contributed by atoms with van der Waals surface area (Å²) in [6, 6.07) is 3.96. The number of nitrogens with zero attached hydrogens (tertiary/aromatic N) is 4. The van der Waals surface area contributed by atoms with E-state index in [9.17, 15) is 26.7 Å². The van der Waals surface area contributed by atoms with E-state index in [1.807, 2.05) is 0 Å². The van der Waals surface area contributed by atoms with E-state index in [0.717, 1.165) is 0 Å². The summed E-state index contributed by atoms with van der Waals surface area (Å²) in [5.74, 6) is -4.19. The summed E-state index contributed by atoms with van der Waals surface area (Å²) in [4.78, 5) is 19.8. The first-order valence-corrected chi connectivity index (χ1v) is 8.00. The topological polar surface area (TPSA) is 72.7 Å². The first kappa shape index (κ1) is 18.0. The Balaban J connectivity index is 1.78. The molecule has 6 nitrogen and oxygen atoms in total. The zero-order valence-electron chi connectivity index (χ0n) is 13.9. The molecular formula is C17H10F5N5O. The molecule has 0 aliphatic carbocycles. The number of aromatic nitrogens is 4. The Morgan fingerprint density at radius 1 is 1.11 bits per heavy atom. The molecule has 3 aromatic rings. The van der Waals surface area contributed by atoms with E-state index < -0.39 is 23.4 Å². The number of carbonyl (C=O) groups excluding carboxylic acids is 1. The van der Waals surface area contributed by atoms with Gasteiger partial charge in [-0.1, -0.05) is 0 Å². The van der Waals surface area contributed by atoms with Crippen molar-refractivity contribution in [2.24, 2.45) is 0 Å². The van der Waals surface area contributed by atoms with Crippen LogP contribution in [0.1, 0.15) is 16.1 Å². The first-order chi connectivity index (χ1) is 13.2. The number of benzene rings is 1. The van der Waals surface area contributed by atoms with Gasteiger partial charge >= 0.3 is 6.18 Å². The molecule has 144 valence electrons. The van der Waals surface area contributed by atoms with Crippen molar-refractivity contribution < 1.29 is 26.7 Å². The lowest BCUT2D eigenvalue weighted by atomic mass is 10.1. The Morgan fingerprint density at radius 2 is 1.89 bits per heavy atom. The standard InChI is InChI=1S/C17H10F5N5O/c18-10-6-8(5-9(14(10)19)17(20,21)22)15-23-2-1-11(25-15)12-7-13-16(28)24-3-4-27(13)26-12/h1-2,5-7H,3-4H2,(H,24,28). The highest BCUT2D eigenvalue weighted by Gasteiger charge is 2.36. The molecule has 4 rings (SSSR count). The van der Waals surface area contributed by atoms with Gasteiger partial charge in [0.1, 0.15) is 11.4 Å². The molecule has 0 spiro atoms. The van der Waals surface area contributed by atoms with E-state index in [1.54, 1.807) is 0 Å². The maximum atomic E-state index is 13.7. The van der Waals surface area contributed by atoms with Gasteiger partial charge in [-0.2, -0.15) is 18.3 Å². The third-order valence-corrected chi connectivity index (χ3v) is 4.13. The van der Waals surface area contributed by atoms with Crippen molar-refractivity contribution in [2.45, 2.75) is 12.7 Å². The lowest BCUT2D eigenvalue weighted by molar-refractivity contribution is -0.140. The Bertz CT molecular complexity index is 1090. The molecule has 0 radical (unpaired) electrons. The molecule has 11 heteroatoms. The first-order valence-electron chi connectivity index (χ1n) is 8.00. The average molecular weight is 395 g/mol. The van der Waals surface area contributed by atoms with E-state index in [2.05, 4.69) is 20.4 Å². The number of hydrogen-bond acceptors (Lipinski definition) is 4. The van der Waals surface area contributed by atoms with Gasteiger partial charge in [0.2, 0.25) is 0 Å². The molecule has 28 heavy (non-hydrogen) atoms. The Morgan fingerprint density at radius 3 is 2.61 bits per heavy atom. The highest BCUT2D eigenvalue weighted by atomic mass is 19.4. The van der Waals surface area contributed by atoms with Crippen molar-refractivity contribution in [1.82, 2.24) is 25.1 Å². The van der Waals surface area contributed by atoms with Crippen molar-refractivity contribution in [1.29, 1.82) is 0 Å². The zero-order chi connectivity index (χ0) is 20.1. The summed E-state index contributed by atoms with van der Waals surface area (Å²) in [5, 5.41) is 6.90. The lowest BCUT2D eigenvalue weighted by Crippen LogP contribution is -2.35. The molecule has 1 aliphatic rings. The predicted octanol–water partition coefficient (Wildman–Crippen LogP) is 3.05. The fourth-order valence-electron chi connectivity index (χ4n) is 2.83. The second-order valence-corrected chi connectivity index (χ2v) is 5.98. The summed E-state index contributed by atoms with van der Waals surface area (Å²) in [6.07, 6.45) is -3.82. The number of carbonyl (C=O) groups is 1. The SMILES string of the molecule is O=C1NCCn2nc(-c3ccnc(-c4cc(F)c(F)c(C(F)(F)F)c4)n3)cc21. The van der Waals surface area contributed by atoms with Crippen LogP contribution in [0.5, 0.6) is 0 Å². The second kappa shape index (κ2) is 6.36. The number of amides is 1. The summed E-state index contributed by atoms with van der Waals surface area (Å²) in [5.41, 5.74) is -1.25. The smallest absolute Gasteiger partial charge is 0.349 e. The molecule has 0 fully saturated rings. The minimum atomic E-state index is -5.07. The number of alkyl halides is 3. The molecule has 0 bridgehead atoms. The molecule has 0 unspecified atom stereocenters. The molecule has 0 atom stereocenters. The van der Waals surface area contributed by atoms with Crippen LogP contribution in [-0.2, 0) is 12.7 Å². The van der Waals surface area contributed by atoms with Gasteiger partial charge < -0.3 is 5.32 Å². The fraction of sp³-hybridized carbons (Fsp3) is 0.176. The van der Waals surface area contributed by atoms with Crippen LogP contribution in [0.25, 0.3) is 22.8 Å². The number of rotatable bonds is 2. The third kappa shape index (κ3) is 3.08. The fourth-order valence-corrected chi connectivity index (χ4v) is 2.83. The minimum Gasteiger partial charge on any atom is -0.349 e. The summed E-state index contributed by atoms with van der Waals surface area (Å²) in [6.45, 7) is 0.869. The lowest BCUT2D eigenvalue weighted by Gasteiger charge is -2.13. The molecular weight excluding hydrogens is 385 g/mol. The summed E-state index contributed by atoms with van der Waals surface area (Å²) >= 11 is 0. The van der Waals surface area contributed by atoms with Crippen LogP contribution >= 0.6 is 0 Å². The summed E-state index contributed by atoms with van der Waals surface area (Å²) < 4.78 is 67.5. The Kier molecular flexibility index (Phi) is 4.09. The highest BCUT2D eigenvalue weighted by Crippen LogP contribution is 2.35. The van der Waals surface area contributed by atoms with E-state index in [1.165, 1.54) is 23.0 Å². The largest absolute Gasteiger partial charge is 0.419 e. The molecule has 0 saturated heterocycles. The van der Waals surface area contributed by atoms with Gasteiger partial charge in [-0.25, -0.2) is 18.7 Å². The van der Waals surface area contributed by atoms with Crippen molar-refractivity contribution in [3.63, 3.8) is 0 Å². The van der Waals surface area contributed by atoms with Crippen LogP contribution in [0.2, 0.25) is 0 Å². The van der Waals surface area contributed by atoms with Crippen LogP contribution in [0.15, 0.2) is 30.5 Å². The van der Waals surface area contributed by atoms with Crippen LogP contribution in [0, 0.1) is 11.6 Å². The minimum absolute atomic E-state index is 0.220. The maximum Gasteiger partial charge on any atom is 0.419 e. The van der Waals surface area contributed by atoms with E-state index in [0.29, 0.717) is 36.6 Å². The molecule has 3 heterocycles. The molecule has 1 N–H and O–H groups in total. The quantitative estimate of drug-likeness (QED) is 0.677. The van der Waals surface area contributed by atoms with Crippen LogP contribution in [0.4, 0.5) is 22.0 Å². The number of nitrogens with one attached hydrogen (secondary N) is 1. The van der Waals surface area contributed by atoms with Crippen LogP contribution in [-0.4, -0.2) is 32.2 Å². The van der Waals surface area contributed by atoms with Crippen molar-refractivity contribution in [3.05, 3.63) is 53.4 Å². The van der Waals surface area contributed by atoms with Gasteiger partial charge in [-0.3, -0.25) is 9.48 Å². The Hall–Kier alpha value is -3.37. The van der Waals surface area contributed by atoms with Gasteiger partial charge in [0.05, 0.1) is 17.8 Å².